The van der Waals surface area contributed by atoms with Crippen molar-refractivity contribution in [3.05, 3.63) is 22.7 Å². The molecule has 0 aliphatic heterocycles. The van der Waals surface area contributed by atoms with E-state index in [1.165, 1.54) is 0 Å². The fraction of sp³-hybridized carbons (Fsp3) is 0.533. The van der Waals surface area contributed by atoms with Crippen LogP contribution in [0.2, 0.25) is 5.02 Å². The Morgan fingerprint density at radius 2 is 2.00 bits per heavy atom. The normalized spacial score (nSPS) is 10.2. The van der Waals surface area contributed by atoms with Crippen molar-refractivity contribution in [3.63, 3.8) is 0 Å². The molecule has 5 heteroatoms. The van der Waals surface area contributed by atoms with E-state index in [0.29, 0.717) is 41.8 Å². The Labute approximate surface area is 125 Å². The molecule has 0 saturated carbocycles. The van der Waals surface area contributed by atoms with Gasteiger partial charge in [0.1, 0.15) is 0 Å². The lowest BCUT2D eigenvalue weighted by Crippen LogP contribution is -2.22. The Morgan fingerprint density at radius 3 is 2.60 bits per heavy atom. The van der Waals surface area contributed by atoms with E-state index in [4.69, 9.17) is 21.1 Å². The number of hydrogen-bond donors (Lipinski definition) is 1. The first kappa shape index (κ1) is 16.6. The third-order valence-corrected chi connectivity index (χ3v) is 2.93. The summed E-state index contributed by atoms with van der Waals surface area (Å²) >= 11 is 6.21. The van der Waals surface area contributed by atoms with Gasteiger partial charge in [-0.05, 0) is 32.4 Å². The number of rotatable bonds is 8. The number of benzene rings is 1. The number of hydrogen-bond acceptors (Lipinski definition) is 3. The predicted octanol–water partition coefficient (Wildman–Crippen LogP) is 3.67. The monoisotopic (exact) mass is 299 g/mol. The highest BCUT2D eigenvalue weighted by atomic mass is 35.5. The summed E-state index contributed by atoms with van der Waals surface area (Å²) in [6, 6.07) is 3.28. The zero-order valence-corrected chi connectivity index (χ0v) is 13.0. The van der Waals surface area contributed by atoms with Crippen molar-refractivity contribution < 1.29 is 14.3 Å². The first-order chi connectivity index (χ1) is 9.63. The van der Waals surface area contributed by atoms with Crippen LogP contribution in [0.5, 0.6) is 11.5 Å². The van der Waals surface area contributed by atoms with E-state index >= 15 is 0 Å². The minimum Gasteiger partial charge on any atom is -0.490 e. The molecule has 112 valence electrons. The Kier molecular flexibility index (Phi) is 7.23. The van der Waals surface area contributed by atoms with E-state index in [0.717, 1.165) is 12.8 Å². The van der Waals surface area contributed by atoms with Crippen molar-refractivity contribution in [3.8, 4) is 11.5 Å². The van der Waals surface area contributed by atoms with Gasteiger partial charge in [-0.15, -0.1) is 0 Å². The molecule has 0 unspecified atom stereocenters. The van der Waals surface area contributed by atoms with Crippen LogP contribution < -0.4 is 14.8 Å². The first-order valence-corrected chi connectivity index (χ1v) is 7.39. The van der Waals surface area contributed by atoms with Gasteiger partial charge in [0.15, 0.2) is 11.5 Å². The molecule has 0 radical (unpaired) electrons. The van der Waals surface area contributed by atoms with E-state index in [1.807, 2.05) is 13.8 Å². The summed E-state index contributed by atoms with van der Waals surface area (Å²) in [5.74, 6) is 0.850. The summed E-state index contributed by atoms with van der Waals surface area (Å²) in [4.78, 5) is 11.9. The summed E-state index contributed by atoms with van der Waals surface area (Å²) in [6.45, 7) is 7.46. The lowest BCUT2D eigenvalue weighted by molar-refractivity contribution is 0.0955. The number of amides is 1. The van der Waals surface area contributed by atoms with Gasteiger partial charge in [-0.25, -0.2) is 0 Å². The van der Waals surface area contributed by atoms with Crippen LogP contribution in [0.3, 0.4) is 0 Å². The van der Waals surface area contributed by atoms with Crippen molar-refractivity contribution in [2.45, 2.75) is 33.6 Å². The number of unbranched alkanes of at least 4 members (excludes halogenated alkanes) is 1. The van der Waals surface area contributed by atoms with Crippen LogP contribution in [0.1, 0.15) is 44.0 Å². The number of halogens is 1. The number of carbonyl (C=O) groups excluding carboxylic acids is 1. The van der Waals surface area contributed by atoms with Crippen molar-refractivity contribution in [1.29, 1.82) is 0 Å². The molecule has 1 aromatic rings. The predicted molar refractivity (Wildman–Crippen MR) is 81.0 cm³/mol. The van der Waals surface area contributed by atoms with Crippen LogP contribution >= 0.6 is 11.6 Å². The molecule has 1 aromatic carbocycles. The molecule has 1 rings (SSSR count). The molecule has 4 nitrogen and oxygen atoms in total. The smallest absolute Gasteiger partial charge is 0.251 e. The SMILES string of the molecule is CCCCOc1c(Cl)cc(C(=O)NCC)cc1OCC. The number of ether oxygens (including phenoxy) is 2. The van der Waals surface area contributed by atoms with E-state index in [1.54, 1.807) is 12.1 Å². The maximum atomic E-state index is 11.9. The average Bonchev–Trinajstić information content (AvgIpc) is 2.42. The molecular formula is C15H22ClNO3. The molecule has 0 spiro atoms. The van der Waals surface area contributed by atoms with Gasteiger partial charge in [0.2, 0.25) is 0 Å². The molecule has 0 heterocycles. The Bertz CT molecular complexity index is 449. The van der Waals surface area contributed by atoms with Crippen LogP contribution in [0, 0.1) is 0 Å². The Hall–Kier alpha value is -1.42. The van der Waals surface area contributed by atoms with Crippen LogP contribution in [-0.4, -0.2) is 25.7 Å². The first-order valence-electron chi connectivity index (χ1n) is 7.01. The second-order valence-corrected chi connectivity index (χ2v) is 4.69. The van der Waals surface area contributed by atoms with Gasteiger partial charge in [0.25, 0.3) is 5.91 Å². The van der Waals surface area contributed by atoms with Gasteiger partial charge in [0, 0.05) is 12.1 Å². The van der Waals surface area contributed by atoms with Crippen LogP contribution in [-0.2, 0) is 0 Å². The molecular weight excluding hydrogens is 278 g/mol. The molecule has 0 atom stereocenters. The minimum atomic E-state index is -0.171. The molecule has 0 aliphatic rings. The number of nitrogens with one attached hydrogen (secondary N) is 1. The Balaban J connectivity index is 3.01. The molecule has 0 aromatic heterocycles. The van der Waals surface area contributed by atoms with E-state index in [9.17, 15) is 4.79 Å². The van der Waals surface area contributed by atoms with Crippen molar-refractivity contribution in [1.82, 2.24) is 5.32 Å². The van der Waals surface area contributed by atoms with Crippen LogP contribution in [0.15, 0.2) is 12.1 Å². The van der Waals surface area contributed by atoms with E-state index < -0.39 is 0 Å². The van der Waals surface area contributed by atoms with Crippen LogP contribution in [0.4, 0.5) is 0 Å². The van der Waals surface area contributed by atoms with Gasteiger partial charge >= 0.3 is 0 Å². The Morgan fingerprint density at radius 1 is 1.25 bits per heavy atom. The molecule has 0 aliphatic carbocycles. The highest BCUT2D eigenvalue weighted by Gasteiger charge is 2.15. The second kappa shape index (κ2) is 8.69. The van der Waals surface area contributed by atoms with E-state index in [2.05, 4.69) is 12.2 Å². The highest BCUT2D eigenvalue weighted by Crippen LogP contribution is 2.36. The van der Waals surface area contributed by atoms with Gasteiger partial charge in [-0.2, -0.15) is 0 Å². The van der Waals surface area contributed by atoms with Crippen molar-refractivity contribution in [2.24, 2.45) is 0 Å². The van der Waals surface area contributed by atoms with E-state index in [-0.39, 0.29) is 5.91 Å². The maximum Gasteiger partial charge on any atom is 0.251 e. The minimum absolute atomic E-state index is 0.171. The molecule has 1 amide bonds. The molecule has 0 bridgehead atoms. The quantitative estimate of drug-likeness (QED) is 0.745. The summed E-state index contributed by atoms with van der Waals surface area (Å²) < 4.78 is 11.2. The molecule has 1 N–H and O–H groups in total. The van der Waals surface area contributed by atoms with Gasteiger partial charge < -0.3 is 14.8 Å². The standard InChI is InChI=1S/C15H22ClNO3/c1-4-7-8-20-14-12(16)9-11(15(18)17-5-2)10-13(14)19-6-3/h9-10H,4-8H2,1-3H3,(H,17,18). The van der Waals surface area contributed by atoms with Gasteiger partial charge in [0.05, 0.1) is 18.2 Å². The molecule has 0 saturated heterocycles. The summed E-state index contributed by atoms with van der Waals surface area (Å²) in [7, 11) is 0. The zero-order valence-electron chi connectivity index (χ0n) is 12.3. The largest absolute Gasteiger partial charge is 0.490 e. The van der Waals surface area contributed by atoms with Crippen molar-refractivity contribution in [2.75, 3.05) is 19.8 Å². The van der Waals surface area contributed by atoms with Gasteiger partial charge in [-0.1, -0.05) is 24.9 Å². The third-order valence-electron chi connectivity index (χ3n) is 2.65. The lowest BCUT2D eigenvalue weighted by atomic mass is 10.2. The average molecular weight is 300 g/mol. The molecule has 0 fully saturated rings. The molecule has 20 heavy (non-hydrogen) atoms. The number of carbonyl (C=O) groups is 1. The topological polar surface area (TPSA) is 47.6 Å². The summed E-state index contributed by atoms with van der Waals surface area (Å²) in [6.07, 6.45) is 1.98. The second-order valence-electron chi connectivity index (χ2n) is 4.28. The maximum absolute atomic E-state index is 11.9. The van der Waals surface area contributed by atoms with Gasteiger partial charge in [-0.3, -0.25) is 4.79 Å². The third kappa shape index (κ3) is 4.60. The zero-order chi connectivity index (χ0) is 15.0. The van der Waals surface area contributed by atoms with Crippen molar-refractivity contribution >= 4 is 17.5 Å². The van der Waals surface area contributed by atoms with Crippen LogP contribution in [0.25, 0.3) is 0 Å². The fourth-order valence-electron chi connectivity index (χ4n) is 1.68. The summed E-state index contributed by atoms with van der Waals surface area (Å²) in [5.41, 5.74) is 0.475. The lowest BCUT2D eigenvalue weighted by Gasteiger charge is -2.15. The summed E-state index contributed by atoms with van der Waals surface area (Å²) in [5, 5.41) is 3.13. The fourth-order valence-corrected chi connectivity index (χ4v) is 1.95. The highest BCUT2D eigenvalue weighted by molar-refractivity contribution is 6.32.